The van der Waals surface area contributed by atoms with Gasteiger partial charge < -0.3 is 0 Å². The summed E-state index contributed by atoms with van der Waals surface area (Å²) in [6.45, 7) is 0. The molecule has 0 amide bonds. The first kappa shape index (κ1) is 11.5. The Morgan fingerprint density at radius 3 is 2.64 bits per heavy atom. The molecule has 2 nitrogen and oxygen atoms in total. The number of aromatic nitrogens is 1. The number of alkyl halides is 3. The van der Waals surface area contributed by atoms with Crippen LogP contribution in [0.4, 0.5) is 8.78 Å². The molecule has 0 saturated heterocycles. The summed E-state index contributed by atoms with van der Waals surface area (Å²) in [4.78, 5) is 3.86. The lowest BCUT2D eigenvalue weighted by Crippen LogP contribution is -1.98. The molecule has 74 valence electrons. The molecule has 0 fully saturated rings. The molecule has 0 saturated carbocycles. The summed E-state index contributed by atoms with van der Waals surface area (Å²) in [5.41, 5.74) is 0.145. The highest BCUT2D eigenvalue weighted by Crippen LogP contribution is 2.29. The van der Waals surface area contributed by atoms with Crippen molar-refractivity contribution in [3.8, 4) is 6.07 Å². The fraction of sp³-hybridized carbons (Fsp3) is 0.250. The van der Waals surface area contributed by atoms with Crippen LogP contribution < -0.4 is 0 Å². The van der Waals surface area contributed by atoms with Gasteiger partial charge in [-0.05, 0) is 22.0 Å². The topological polar surface area (TPSA) is 36.7 Å². The van der Waals surface area contributed by atoms with Gasteiger partial charge in [0.1, 0.15) is 4.60 Å². The molecular formula is C8H4Br2F2N2. The van der Waals surface area contributed by atoms with Crippen LogP contribution >= 0.6 is 31.9 Å². The third kappa shape index (κ3) is 2.28. The van der Waals surface area contributed by atoms with E-state index in [1.165, 1.54) is 6.07 Å². The number of rotatable bonds is 2. The molecule has 0 spiro atoms. The fourth-order valence-electron chi connectivity index (χ4n) is 0.943. The van der Waals surface area contributed by atoms with Crippen LogP contribution in [0.25, 0.3) is 0 Å². The molecule has 14 heavy (non-hydrogen) atoms. The third-order valence-electron chi connectivity index (χ3n) is 1.54. The summed E-state index contributed by atoms with van der Waals surface area (Å²) in [6, 6.07) is 3.07. The van der Waals surface area contributed by atoms with Crippen LogP contribution in [0.5, 0.6) is 0 Å². The van der Waals surface area contributed by atoms with Crippen molar-refractivity contribution in [1.29, 1.82) is 5.26 Å². The second-order valence-corrected chi connectivity index (χ2v) is 3.72. The average molecular weight is 326 g/mol. The van der Waals surface area contributed by atoms with Gasteiger partial charge >= 0.3 is 0 Å². The Morgan fingerprint density at radius 2 is 2.21 bits per heavy atom. The first-order valence-corrected chi connectivity index (χ1v) is 5.45. The Balaban J connectivity index is 3.37. The van der Waals surface area contributed by atoms with Crippen molar-refractivity contribution in [3.63, 3.8) is 0 Å². The monoisotopic (exact) mass is 324 g/mol. The predicted octanol–water partition coefficient (Wildman–Crippen LogP) is 3.55. The lowest BCUT2D eigenvalue weighted by Gasteiger charge is -2.06. The number of hydrogen-bond donors (Lipinski definition) is 0. The molecule has 0 radical (unpaired) electrons. The summed E-state index contributed by atoms with van der Waals surface area (Å²) in [5.74, 6) is 0. The minimum absolute atomic E-state index is 0.0287. The number of pyridine rings is 1. The van der Waals surface area contributed by atoms with E-state index in [1.807, 2.05) is 0 Å². The van der Waals surface area contributed by atoms with Crippen molar-refractivity contribution in [2.24, 2.45) is 0 Å². The van der Waals surface area contributed by atoms with E-state index >= 15 is 0 Å². The van der Waals surface area contributed by atoms with Gasteiger partial charge in [0.2, 0.25) is 0 Å². The van der Waals surface area contributed by atoms with Gasteiger partial charge in [0.25, 0.3) is 6.43 Å². The fourth-order valence-corrected chi connectivity index (χ4v) is 1.84. The summed E-state index contributed by atoms with van der Waals surface area (Å²) < 4.78 is 25.0. The molecule has 0 atom stereocenters. The second kappa shape index (κ2) is 4.80. The van der Waals surface area contributed by atoms with E-state index in [9.17, 15) is 8.78 Å². The van der Waals surface area contributed by atoms with Gasteiger partial charge in [-0.15, -0.1) is 0 Å². The standard InChI is InChI=1S/C8H4Br2F2N2/c9-2-5-1-4(3-13)6(8(11)12)7(10)14-5/h1,8H,2H2. The highest BCUT2D eigenvalue weighted by atomic mass is 79.9. The highest BCUT2D eigenvalue weighted by Gasteiger charge is 2.18. The summed E-state index contributed by atoms with van der Waals surface area (Å²) in [7, 11) is 0. The van der Waals surface area contributed by atoms with E-state index in [4.69, 9.17) is 5.26 Å². The maximum absolute atomic E-state index is 12.5. The molecule has 6 heteroatoms. The van der Waals surface area contributed by atoms with E-state index in [2.05, 4.69) is 36.8 Å². The Bertz CT molecular complexity index is 388. The zero-order valence-corrected chi connectivity index (χ0v) is 9.94. The first-order chi connectivity index (χ1) is 6.60. The van der Waals surface area contributed by atoms with Crippen LogP contribution in [-0.4, -0.2) is 4.98 Å². The number of hydrogen-bond acceptors (Lipinski definition) is 2. The van der Waals surface area contributed by atoms with Gasteiger partial charge in [0.05, 0.1) is 22.9 Å². The maximum atomic E-state index is 12.5. The Kier molecular flexibility index (Phi) is 3.96. The van der Waals surface area contributed by atoms with Crippen LogP contribution in [0.1, 0.15) is 23.2 Å². The maximum Gasteiger partial charge on any atom is 0.267 e. The molecule has 0 aliphatic rings. The van der Waals surface area contributed by atoms with E-state index in [-0.39, 0.29) is 15.7 Å². The molecule has 1 rings (SSSR count). The van der Waals surface area contributed by atoms with Crippen LogP contribution in [0, 0.1) is 11.3 Å². The van der Waals surface area contributed by atoms with E-state index < -0.39 is 6.43 Å². The quantitative estimate of drug-likeness (QED) is 0.616. The van der Waals surface area contributed by atoms with E-state index in [0.717, 1.165) is 0 Å². The number of nitriles is 1. The molecule has 0 N–H and O–H groups in total. The van der Waals surface area contributed by atoms with Crippen molar-refractivity contribution in [1.82, 2.24) is 4.98 Å². The van der Waals surface area contributed by atoms with Crippen molar-refractivity contribution in [3.05, 3.63) is 27.5 Å². The second-order valence-electron chi connectivity index (χ2n) is 2.41. The van der Waals surface area contributed by atoms with Gasteiger partial charge in [0.15, 0.2) is 0 Å². The Hall–Kier alpha value is -0.540. The molecular weight excluding hydrogens is 322 g/mol. The molecule has 0 aliphatic heterocycles. The lowest BCUT2D eigenvalue weighted by molar-refractivity contribution is 0.149. The SMILES string of the molecule is N#Cc1cc(CBr)nc(Br)c1C(F)F. The molecule has 1 aromatic rings. The van der Waals surface area contributed by atoms with Gasteiger partial charge in [0, 0.05) is 5.33 Å². The predicted molar refractivity (Wildman–Crippen MR) is 54.2 cm³/mol. The van der Waals surface area contributed by atoms with Crippen molar-refractivity contribution in [2.45, 2.75) is 11.8 Å². The van der Waals surface area contributed by atoms with E-state index in [1.54, 1.807) is 6.07 Å². The Morgan fingerprint density at radius 1 is 1.57 bits per heavy atom. The molecule has 1 aromatic heterocycles. The number of halogens is 4. The third-order valence-corrected chi connectivity index (χ3v) is 2.72. The zero-order valence-electron chi connectivity index (χ0n) is 6.77. The van der Waals surface area contributed by atoms with Crippen molar-refractivity contribution in [2.75, 3.05) is 0 Å². The lowest BCUT2D eigenvalue weighted by atomic mass is 10.1. The normalized spacial score (nSPS) is 10.3. The number of nitrogens with zero attached hydrogens (tertiary/aromatic N) is 2. The summed E-state index contributed by atoms with van der Waals surface area (Å²) >= 11 is 6.05. The molecule has 0 aliphatic carbocycles. The minimum Gasteiger partial charge on any atom is -0.244 e. The summed E-state index contributed by atoms with van der Waals surface area (Å²) in [6.07, 6.45) is -2.70. The summed E-state index contributed by atoms with van der Waals surface area (Å²) in [5, 5.41) is 9.08. The minimum atomic E-state index is -2.70. The van der Waals surface area contributed by atoms with Crippen LogP contribution in [0.2, 0.25) is 0 Å². The van der Waals surface area contributed by atoms with Crippen molar-refractivity contribution < 1.29 is 8.78 Å². The van der Waals surface area contributed by atoms with Crippen LogP contribution in [0.15, 0.2) is 10.7 Å². The molecule has 1 heterocycles. The van der Waals surface area contributed by atoms with Gasteiger partial charge in [-0.2, -0.15) is 5.26 Å². The average Bonchev–Trinajstić information content (AvgIpc) is 2.15. The van der Waals surface area contributed by atoms with Gasteiger partial charge in [-0.1, -0.05) is 15.9 Å². The molecule has 0 aromatic carbocycles. The van der Waals surface area contributed by atoms with Gasteiger partial charge in [-0.3, -0.25) is 0 Å². The first-order valence-electron chi connectivity index (χ1n) is 3.53. The van der Waals surface area contributed by atoms with Gasteiger partial charge in [-0.25, -0.2) is 13.8 Å². The molecule has 0 unspecified atom stereocenters. The Labute approximate surface area is 96.2 Å². The van der Waals surface area contributed by atoms with E-state index in [0.29, 0.717) is 11.0 Å². The molecule has 0 bridgehead atoms. The highest BCUT2D eigenvalue weighted by molar-refractivity contribution is 9.10. The zero-order chi connectivity index (χ0) is 10.7. The largest absolute Gasteiger partial charge is 0.267 e. The van der Waals surface area contributed by atoms with Crippen LogP contribution in [-0.2, 0) is 5.33 Å². The van der Waals surface area contributed by atoms with Crippen LogP contribution in [0.3, 0.4) is 0 Å². The van der Waals surface area contributed by atoms with Crippen molar-refractivity contribution >= 4 is 31.9 Å². The smallest absolute Gasteiger partial charge is 0.244 e.